The van der Waals surface area contributed by atoms with Crippen LogP contribution in [-0.2, 0) is 19.8 Å². The first-order valence-electron chi connectivity index (χ1n) is 6.45. The Bertz CT molecular complexity index is 782. The highest BCUT2D eigenvalue weighted by atomic mass is 79.9. The van der Waals surface area contributed by atoms with Gasteiger partial charge in [-0.05, 0) is 28.1 Å². The molecule has 0 aliphatic heterocycles. The molecule has 1 amide bonds. The topological polar surface area (TPSA) is 68.9 Å². The first-order chi connectivity index (χ1) is 10.7. The molecule has 0 fully saturated rings. The van der Waals surface area contributed by atoms with Gasteiger partial charge in [0.1, 0.15) is 0 Å². The molecule has 0 aliphatic rings. The Hall–Kier alpha value is -2.10. The van der Waals surface area contributed by atoms with Crippen molar-refractivity contribution in [3.05, 3.63) is 50.6 Å². The van der Waals surface area contributed by atoms with Gasteiger partial charge in [-0.15, -0.1) is 5.10 Å². The quantitative estimate of drug-likeness (QED) is 0.862. The maximum absolute atomic E-state index is 12.6. The van der Waals surface area contributed by atoms with E-state index in [4.69, 9.17) is 0 Å². The number of halogens is 4. The summed E-state index contributed by atoms with van der Waals surface area (Å²) in [4.78, 5) is 23.6. The molecule has 2 aromatic rings. The summed E-state index contributed by atoms with van der Waals surface area (Å²) in [7, 11) is 0.994. The molecule has 0 spiro atoms. The van der Waals surface area contributed by atoms with Crippen molar-refractivity contribution in [2.45, 2.75) is 12.7 Å². The van der Waals surface area contributed by atoms with E-state index in [1.165, 1.54) is 0 Å². The van der Waals surface area contributed by atoms with E-state index in [1.54, 1.807) is 24.3 Å². The van der Waals surface area contributed by atoms with Crippen LogP contribution in [0.4, 0.5) is 13.2 Å². The SMILES string of the molecule is Cn1c(C(F)(F)F)nn(CCNC(=O)c2ccccc2Br)c1=O. The molecule has 1 heterocycles. The Balaban J connectivity index is 2.04. The van der Waals surface area contributed by atoms with Crippen LogP contribution in [0.1, 0.15) is 16.2 Å². The summed E-state index contributed by atoms with van der Waals surface area (Å²) in [5.74, 6) is -1.68. The van der Waals surface area contributed by atoms with Gasteiger partial charge < -0.3 is 5.32 Å². The number of carbonyl (C=O) groups excluding carboxylic acids is 1. The number of benzene rings is 1. The van der Waals surface area contributed by atoms with E-state index in [-0.39, 0.29) is 13.1 Å². The first kappa shape index (κ1) is 17.3. The second-order valence-corrected chi connectivity index (χ2v) is 5.48. The number of alkyl halides is 3. The van der Waals surface area contributed by atoms with E-state index in [1.807, 2.05) is 0 Å². The average Bonchev–Trinajstić information content (AvgIpc) is 2.76. The predicted octanol–water partition coefficient (Wildman–Crippen LogP) is 1.79. The van der Waals surface area contributed by atoms with E-state index in [9.17, 15) is 22.8 Å². The van der Waals surface area contributed by atoms with Crippen LogP contribution in [0.15, 0.2) is 33.5 Å². The van der Waals surface area contributed by atoms with Gasteiger partial charge in [-0.25, -0.2) is 9.48 Å². The Morgan fingerprint density at radius 2 is 2.00 bits per heavy atom. The molecular weight excluding hydrogens is 381 g/mol. The molecule has 1 aromatic carbocycles. The highest BCUT2D eigenvalue weighted by molar-refractivity contribution is 9.10. The summed E-state index contributed by atoms with van der Waals surface area (Å²) in [6, 6.07) is 6.70. The van der Waals surface area contributed by atoms with Crippen LogP contribution in [0.5, 0.6) is 0 Å². The van der Waals surface area contributed by atoms with Gasteiger partial charge in [-0.2, -0.15) is 13.2 Å². The Kier molecular flexibility index (Phi) is 4.93. The van der Waals surface area contributed by atoms with Crippen LogP contribution in [0.3, 0.4) is 0 Å². The van der Waals surface area contributed by atoms with Crippen molar-refractivity contribution < 1.29 is 18.0 Å². The Labute approximate surface area is 137 Å². The maximum atomic E-state index is 12.6. The van der Waals surface area contributed by atoms with Gasteiger partial charge in [-0.3, -0.25) is 9.36 Å². The fourth-order valence-corrected chi connectivity index (χ4v) is 2.36. The fourth-order valence-electron chi connectivity index (χ4n) is 1.90. The first-order valence-corrected chi connectivity index (χ1v) is 7.25. The molecule has 0 radical (unpaired) electrons. The summed E-state index contributed by atoms with van der Waals surface area (Å²) >= 11 is 3.22. The lowest BCUT2D eigenvalue weighted by molar-refractivity contribution is -0.147. The average molecular weight is 393 g/mol. The Morgan fingerprint density at radius 3 is 2.57 bits per heavy atom. The molecule has 124 valence electrons. The molecule has 1 aromatic heterocycles. The van der Waals surface area contributed by atoms with E-state index in [0.717, 1.165) is 7.05 Å². The number of amides is 1. The Morgan fingerprint density at radius 1 is 1.35 bits per heavy atom. The van der Waals surface area contributed by atoms with Crippen LogP contribution in [-0.4, -0.2) is 26.8 Å². The molecule has 10 heteroatoms. The second-order valence-electron chi connectivity index (χ2n) is 4.62. The van der Waals surface area contributed by atoms with Gasteiger partial charge in [0.15, 0.2) is 0 Å². The molecule has 23 heavy (non-hydrogen) atoms. The molecule has 1 N–H and O–H groups in total. The summed E-state index contributed by atoms with van der Waals surface area (Å²) in [6.45, 7) is -0.201. The highest BCUT2D eigenvalue weighted by Gasteiger charge is 2.37. The largest absolute Gasteiger partial charge is 0.451 e. The lowest BCUT2D eigenvalue weighted by Crippen LogP contribution is -2.32. The number of nitrogens with zero attached hydrogens (tertiary/aromatic N) is 3. The lowest BCUT2D eigenvalue weighted by atomic mass is 10.2. The monoisotopic (exact) mass is 392 g/mol. The standard InChI is InChI=1S/C13H12BrF3N4O2/c1-20-11(13(15,16)17)19-21(12(20)23)7-6-18-10(22)8-4-2-3-5-9(8)14/h2-5H,6-7H2,1H3,(H,18,22). The molecule has 0 atom stereocenters. The van der Waals surface area contributed by atoms with Crippen molar-refractivity contribution in [3.63, 3.8) is 0 Å². The van der Waals surface area contributed by atoms with Crippen molar-refractivity contribution in [2.24, 2.45) is 7.05 Å². The molecule has 2 rings (SSSR count). The summed E-state index contributed by atoms with van der Waals surface area (Å²) in [6.07, 6.45) is -4.71. The van der Waals surface area contributed by atoms with Crippen LogP contribution >= 0.6 is 15.9 Å². The van der Waals surface area contributed by atoms with Crippen molar-refractivity contribution in [1.82, 2.24) is 19.7 Å². The number of nitrogens with one attached hydrogen (secondary N) is 1. The molecule has 0 unspecified atom stereocenters. The van der Waals surface area contributed by atoms with Crippen LogP contribution in [0, 0.1) is 0 Å². The number of carbonyl (C=O) groups is 1. The van der Waals surface area contributed by atoms with Gasteiger partial charge in [-0.1, -0.05) is 12.1 Å². The van der Waals surface area contributed by atoms with Gasteiger partial charge in [0.2, 0.25) is 5.82 Å². The van der Waals surface area contributed by atoms with Gasteiger partial charge in [0.05, 0.1) is 12.1 Å². The minimum Gasteiger partial charge on any atom is -0.350 e. The van der Waals surface area contributed by atoms with E-state index < -0.39 is 23.6 Å². The van der Waals surface area contributed by atoms with Crippen LogP contribution in [0.25, 0.3) is 0 Å². The van der Waals surface area contributed by atoms with Crippen molar-refractivity contribution in [1.29, 1.82) is 0 Å². The third-order valence-corrected chi connectivity index (χ3v) is 3.71. The third kappa shape index (κ3) is 3.81. The predicted molar refractivity (Wildman–Crippen MR) is 78.9 cm³/mol. The molecular formula is C13H12BrF3N4O2. The number of hydrogen-bond donors (Lipinski definition) is 1. The van der Waals surface area contributed by atoms with Crippen LogP contribution < -0.4 is 11.0 Å². The van der Waals surface area contributed by atoms with Crippen molar-refractivity contribution in [2.75, 3.05) is 6.54 Å². The number of rotatable bonds is 4. The second kappa shape index (κ2) is 6.57. The van der Waals surface area contributed by atoms with E-state index in [0.29, 0.717) is 19.3 Å². The normalized spacial score (nSPS) is 11.5. The molecule has 0 aliphatic carbocycles. The van der Waals surface area contributed by atoms with E-state index in [2.05, 4.69) is 26.3 Å². The lowest BCUT2D eigenvalue weighted by Gasteiger charge is -2.06. The zero-order chi connectivity index (χ0) is 17.2. The minimum atomic E-state index is -4.71. The molecule has 0 bridgehead atoms. The number of hydrogen-bond acceptors (Lipinski definition) is 3. The summed E-state index contributed by atoms with van der Waals surface area (Å²) in [5, 5.41) is 5.77. The van der Waals surface area contributed by atoms with Crippen molar-refractivity contribution >= 4 is 21.8 Å². The van der Waals surface area contributed by atoms with E-state index >= 15 is 0 Å². The van der Waals surface area contributed by atoms with Gasteiger partial charge in [0.25, 0.3) is 5.91 Å². The highest BCUT2D eigenvalue weighted by Crippen LogP contribution is 2.25. The maximum Gasteiger partial charge on any atom is 0.451 e. The fraction of sp³-hybridized carbons (Fsp3) is 0.308. The van der Waals surface area contributed by atoms with Gasteiger partial charge in [0, 0.05) is 18.1 Å². The minimum absolute atomic E-state index is 0.0333. The zero-order valence-corrected chi connectivity index (χ0v) is 13.5. The number of aromatic nitrogens is 3. The summed E-state index contributed by atoms with van der Waals surface area (Å²) in [5.41, 5.74) is -0.510. The zero-order valence-electron chi connectivity index (χ0n) is 11.9. The van der Waals surface area contributed by atoms with Crippen LogP contribution in [0.2, 0.25) is 0 Å². The smallest absolute Gasteiger partial charge is 0.350 e. The van der Waals surface area contributed by atoms with Gasteiger partial charge >= 0.3 is 11.9 Å². The summed E-state index contributed by atoms with van der Waals surface area (Å²) < 4.78 is 39.6. The molecule has 0 saturated heterocycles. The van der Waals surface area contributed by atoms with Crippen molar-refractivity contribution in [3.8, 4) is 0 Å². The molecule has 0 saturated carbocycles. The molecule has 6 nitrogen and oxygen atoms in total. The third-order valence-electron chi connectivity index (χ3n) is 3.02.